The third kappa shape index (κ3) is 3.71. The molecular weight excluding hydrogens is 324 g/mol. The zero-order chi connectivity index (χ0) is 18.0. The van der Waals surface area contributed by atoms with Gasteiger partial charge in [0.1, 0.15) is 5.58 Å². The summed E-state index contributed by atoms with van der Waals surface area (Å²) in [5, 5.41) is 3.20. The molecule has 1 fully saturated rings. The van der Waals surface area contributed by atoms with Crippen LogP contribution in [0.25, 0.3) is 11.0 Å². The Kier molecular flexibility index (Phi) is 4.85. The first-order valence-electron chi connectivity index (χ1n) is 8.10. The van der Waals surface area contributed by atoms with Crippen LogP contribution in [0.1, 0.15) is 22.5 Å². The van der Waals surface area contributed by atoms with Crippen molar-refractivity contribution in [1.82, 2.24) is 10.2 Å². The van der Waals surface area contributed by atoms with Crippen molar-refractivity contribution in [2.75, 3.05) is 26.8 Å². The smallest absolute Gasteiger partial charge is 0.287 e. The maximum atomic E-state index is 12.4. The van der Waals surface area contributed by atoms with Crippen LogP contribution in [-0.4, -0.2) is 49.6 Å². The average Bonchev–Trinajstić information content (AvgIpc) is 2.91. The Morgan fingerprint density at radius 2 is 2.16 bits per heavy atom. The second-order valence-corrected chi connectivity index (χ2v) is 6.18. The van der Waals surface area contributed by atoms with Crippen molar-refractivity contribution in [3.63, 3.8) is 0 Å². The molecule has 7 heteroatoms. The van der Waals surface area contributed by atoms with Gasteiger partial charge >= 0.3 is 0 Å². The highest BCUT2D eigenvalue weighted by Gasteiger charge is 2.30. The number of rotatable bonds is 5. The highest BCUT2D eigenvalue weighted by atomic mass is 16.5. The van der Waals surface area contributed by atoms with Gasteiger partial charge in [-0.15, -0.1) is 0 Å². The maximum Gasteiger partial charge on any atom is 0.287 e. The van der Waals surface area contributed by atoms with Crippen molar-refractivity contribution < 1.29 is 18.7 Å². The third-order valence-electron chi connectivity index (χ3n) is 4.22. The third-order valence-corrected chi connectivity index (χ3v) is 4.22. The topological polar surface area (TPSA) is 88.8 Å². The quantitative estimate of drug-likeness (QED) is 0.877. The second-order valence-electron chi connectivity index (χ2n) is 6.18. The van der Waals surface area contributed by atoms with Gasteiger partial charge in [-0.25, -0.2) is 0 Å². The van der Waals surface area contributed by atoms with E-state index in [4.69, 9.17) is 9.15 Å². The molecule has 7 nitrogen and oxygen atoms in total. The molecule has 0 spiro atoms. The molecule has 1 aliphatic heterocycles. The van der Waals surface area contributed by atoms with E-state index in [1.165, 1.54) is 6.07 Å². The predicted octanol–water partition coefficient (Wildman–Crippen LogP) is 1.08. The standard InChI is InChI=1S/C18H20N2O5/c1-11-3-4-13-14(21)9-16(25-15(13)7-11)18(23)19-12-8-17(22)20(10-12)5-6-24-2/h3-4,7,9,12H,5-6,8,10H2,1-2H3,(H,19,23)/t12-/m0/s1. The SMILES string of the molecule is COCCN1C[C@@H](NC(=O)c2cc(=O)c3ccc(C)cc3o2)CC1=O. The number of hydrogen-bond acceptors (Lipinski definition) is 5. The van der Waals surface area contributed by atoms with Gasteiger partial charge in [0.15, 0.2) is 11.2 Å². The van der Waals surface area contributed by atoms with Crippen LogP contribution in [0.15, 0.2) is 33.5 Å². The number of likely N-dealkylation sites (tertiary alicyclic amines) is 1. The fraction of sp³-hybridized carbons (Fsp3) is 0.389. The van der Waals surface area contributed by atoms with Crippen LogP contribution in [0.3, 0.4) is 0 Å². The Bertz CT molecular complexity index is 873. The first-order chi connectivity index (χ1) is 12.0. The number of fused-ring (bicyclic) bond motifs is 1. The number of benzene rings is 1. The summed E-state index contributed by atoms with van der Waals surface area (Å²) >= 11 is 0. The van der Waals surface area contributed by atoms with Crippen LogP contribution in [0.4, 0.5) is 0 Å². The molecule has 132 valence electrons. The van der Waals surface area contributed by atoms with Crippen LogP contribution in [0.2, 0.25) is 0 Å². The van der Waals surface area contributed by atoms with E-state index in [1.807, 2.05) is 13.0 Å². The number of carbonyl (C=O) groups is 2. The lowest BCUT2D eigenvalue weighted by atomic mass is 10.1. The first-order valence-corrected chi connectivity index (χ1v) is 8.10. The Labute approximate surface area is 144 Å². The normalized spacial score (nSPS) is 17.3. The maximum absolute atomic E-state index is 12.4. The first kappa shape index (κ1) is 17.2. The van der Waals surface area contributed by atoms with E-state index in [1.54, 1.807) is 24.1 Å². The summed E-state index contributed by atoms with van der Waals surface area (Å²) in [5.74, 6) is -0.573. The molecule has 3 rings (SSSR count). The number of methoxy groups -OCH3 is 1. The van der Waals surface area contributed by atoms with Crippen LogP contribution in [0.5, 0.6) is 0 Å². The van der Waals surface area contributed by atoms with Crippen LogP contribution in [-0.2, 0) is 9.53 Å². The van der Waals surface area contributed by atoms with E-state index < -0.39 is 5.91 Å². The Hall–Kier alpha value is -2.67. The van der Waals surface area contributed by atoms with Crippen molar-refractivity contribution in [3.8, 4) is 0 Å². The molecule has 0 radical (unpaired) electrons. The lowest BCUT2D eigenvalue weighted by Gasteiger charge is -2.16. The Balaban J connectivity index is 1.75. The van der Waals surface area contributed by atoms with Crippen LogP contribution < -0.4 is 10.7 Å². The van der Waals surface area contributed by atoms with Gasteiger partial charge < -0.3 is 19.4 Å². The highest BCUT2D eigenvalue weighted by molar-refractivity contribution is 5.94. The lowest BCUT2D eigenvalue weighted by molar-refractivity contribution is -0.128. The number of aryl methyl sites for hydroxylation is 1. The van der Waals surface area contributed by atoms with E-state index in [-0.39, 0.29) is 29.6 Å². The van der Waals surface area contributed by atoms with E-state index >= 15 is 0 Å². The number of amides is 2. The fourth-order valence-corrected chi connectivity index (χ4v) is 2.92. The van der Waals surface area contributed by atoms with Crippen molar-refractivity contribution in [3.05, 3.63) is 45.8 Å². The van der Waals surface area contributed by atoms with Gasteiger partial charge in [0.05, 0.1) is 18.0 Å². The van der Waals surface area contributed by atoms with Gasteiger partial charge in [0, 0.05) is 32.7 Å². The van der Waals surface area contributed by atoms with Crippen molar-refractivity contribution in [2.45, 2.75) is 19.4 Å². The molecule has 1 saturated heterocycles. The molecular formula is C18H20N2O5. The minimum Gasteiger partial charge on any atom is -0.451 e. The number of carbonyl (C=O) groups excluding carboxylic acids is 2. The zero-order valence-corrected chi connectivity index (χ0v) is 14.2. The summed E-state index contributed by atoms with van der Waals surface area (Å²) < 4.78 is 10.6. The molecule has 2 aromatic rings. The molecule has 0 aliphatic carbocycles. The van der Waals surface area contributed by atoms with Gasteiger partial charge in [-0.05, 0) is 24.6 Å². The molecule has 1 aliphatic rings. The number of ether oxygens (including phenoxy) is 1. The Morgan fingerprint density at radius 1 is 1.36 bits per heavy atom. The number of nitrogens with one attached hydrogen (secondary N) is 1. The molecule has 0 unspecified atom stereocenters. The molecule has 1 N–H and O–H groups in total. The minimum atomic E-state index is -0.494. The molecule has 25 heavy (non-hydrogen) atoms. The van der Waals surface area contributed by atoms with Crippen molar-refractivity contribution in [2.24, 2.45) is 0 Å². The van der Waals surface area contributed by atoms with Gasteiger partial charge in [0.2, 0.25) is 5.91 Å². The molecule has 2 heterocycles. The Morgan fingerprint density at radius 3 is 2.92 bits per heavy atom. The van der Waals surface area contributed by atoms with E-state index in [9.17, 15) is 14.4 Å². The summed E-state index contributed by atoms with van der Waals surface area (Å²) in [5.41, 5.74) is 1.04. The van der Waals surface area contributed by atoms with Crippen molar-refractivity contribution >= 4 is 22.8 Å². The molecule has 2 amide bonds. The molecule has 1 atom stereocenters. The predicted molar refractivity (Wildman–Crippen MR) is 91.5 cm³/mol. The van der Waals surface area contributed by atoms with E-state index in [0.717, 1.165) is 5.56 Å². The lowest BCUT2D eigenvalue weighted by Crippen LogP contribution is -2.38. The van der Waals surface area contributed by atoms with Gasteiger partial charge in [-0.3, -0.25) is 14.4 Å². The highest BCUT2D eigenvalue weighted by Crippen LogP contribution is 2.16. The number of nitrogens with zero attached hydrogens (tertiary/aromatic N) is 1. The summed E-state index contributed by atoms with van der Waals surface area (Å²) in [4.78, 5) is 38.1. The monoisotopic (exact) mass is 344 g/mol. The summed E-state index contributed by atoms with van der Waals surface area (Å²) in [7, 11) is 1.57. The molecule has 0 saturated carbocycles. The minimum absolute atomic E-state index is 0.0297. The zero-order valence-electron chi connectivity index (χ0n) is 14.2. The fourth-order valence-electron chi connectivity index (χ4n) is 2.92. The molecule has 1 aromatic carbocycles. The summed E-state index contributed by atoms with van der Waals surface area (Å²) in [6, 6.07) is 6.10. The molecule has 1 aromatic heterocycles. The van der Waals surface area contributed by atoms with Gasteiger partial charge in [0.25, 0.3) is 5.91 Å². The van der Waals surface area contributed by atoms with Crippen molar-refractivity contribution in [1.29, 1.82) is 0 Å². The molecule has 0 bridgehead atoms. The van der Waals surface area contributed by atoms with E-state index in [0.29, 0.717) is 30.7 Å². The second kappa shape index (κ2) is 7.06. The van der Waals surface area contributed by atoms with E-state index in [2.05, 4.69) is 5.32 Å². The summed E-state index contributed by atoms with van der Waals surface area (Å²) in [6.07, 6.45) is 0.229. The largest absolute Gasteiger partial charge is 0.451 e. The number of hydrogen-bond donors (Lipinski definition) is 1. The van der Waals surface area contributed by atoms with Gasteiger partial charge in [-0.2, -0.15) is 0 Å². The van der Waals surface area contributed by atoms with Crippen LogP contribution >= 0.6 is 0 Å². The summed E-state index contributed by atoms with van der Waals surface area (Å²) in [6.45, 7) is 3.24. The van der Waals surface area contributed by atoms with Gasteiger partial charge in [-0.1, -0.05) is 6.07 Å². The van der Waals surface area contributed by atoms with Crippen LogP contribution in [0, 0.1) is 6.92 Å². The average molecular weight is 344 g/mol.